The zero-order valence-electron chi connectivity index (χ0n) is 20.4. The minimum absolute atomic E-state index is 0. The van der Waals surface area contributed by atoms with E-state index in [0.717, 1.165) is 22.3 Å². The van der Waals surface area contributed by atoms with Crippen molar-refractivity contribution >= 4 is 46.0 Å². The van der Waals surface area contributed by atoms with Crippen LogP contribution in [0.25, 0.3) is 10.6 Å². The van der Waals surface area contributed by atoms with Crippen molar-refractivity contribution in [2.24, 2.45) is 9.98 Å². The van der Waals surface area contributed by atoms with E-state index in [1.54, 1.807) is 60.7 Å². The van der Waals surface area contributed by atoms with Crippen LogP contribution in [0, 0.1) is 24.7 Å². The fourth-order valence-corrected chi connectivity index (χ4v) is 3.84. The molecule has 0 radical (unpaired) electrons. The van der Waals surface area contributed by atoms with E-state index in [9.17, 15) is 9.59 Å². The number of aliphatic imine (C=N–C) groups is 2. The van der Waals surface area contributed by atoms with Gasteiger partial charge in [-0.3, -0.25) is 0 Å². The molecule has 0 fully saturated rings. The van der Waals surface area contributed by atoms with Gasteiger partial charge in [0.2, 0.25) is 0 Å². The number of hydrogen-bond acceptors (Lipinski definition) is 4. The van der Waals surface area contributed by atoms with Crippen LogP contribution in [0.2, 0.25) is 0 Å². The first kappa shape index (κ1) is 27.0. The number of fused-ring (bicyclic) bond motifs is 2. The molecule has 0 unspecified atom stereocenters. The van der Waals surface area contributed by atoms with Crippen molar-refractivity contribution in [3.63, 3.8) is 0 Å². The number of nitrogens with zero attached hydrogens (tertiary/aromatic N) is 4. The molecule has 0 saturated carbocycles. The van der Waals surface area contributed by atoms with E-state index in [1.165, 1.54) is 0 Å². The zero-order valence-corrected chi connectivity index (χ0v) is 23.3. The number of benzene rings is 4. The molecule has 6 rings (SSSR count). The van der Waals surface area contributed by atoms with Crippen LogP contribution in [-0.2, 0) is 30.7 Å². The molecule has 7 heteroatoms. The van der Waals surface area contributed by atoms with Gasteiger partial charge in [0.05, 0.1) is 22.8 Å². The van der Waals surface area contributed by atoms with E-state index in [2.05, 4.69) is 32.5 Å². The Morgan fingerprint density at radius 1 is 0.538 bits per heavy atom. The minimum atomic E-state index is -0.303. The molecule has 4 aromatic rings. The first-order chi connectivity index (χ1) is 18.6. The SMILES string of the molecule is C#Cc1ccc(N=C2C(=O)[N-]c3ccccc32)cc1.C#Cc1ccc(N=C2C(=O)[N-]c3ccccc32)cc1.[W+2]. The summed E-state index contributed by atoms with van der Waals surface area (Å²) in [5.41, 5.74) is 6.59. The average Bonchev–Trinajstić information content (AvgIpc) is 3.45. The van der Waals surface area contributed by atoms with Crippen molar-refractivity contribution in [1.82, 2.24) is 0 Å². The van der Waals surface area contributed by atoms with Gasteiger partial charge in [-0.25, -0.2) is 9.98 Å². The number of terminal acetylenes is 2. The smallest absolute Gasteiger partial charge is 0.621 e. The predicted molar refractivity (Wildman–Crippen MR) is 150 cm³/mol. The van der Waals surface area contributed by atoms with Crippen LogP contribution in [0.1, 0.15) is 22.3 Å². The van der Waals surface area contributed by atoms with Crippen molar-refractivity contribution in [3.8, 4) is 24.7 Å². The van der Waals surface area contributed by atoms with Crippen molar-refractivity contribution in [2.45, 2.75) is 0 Å². The van der Waals surface area contributed by atoms with Crippen LogP contribution in [0.15, 0.2) is 107 Å². The zero-order chi connectivity index (χ0) is 26.5. The summed E-state index contributed by atoms with van der Waals surface area (Å²) in [5.74, 6) is 4.47. The van der Waals surface area contributed by atoms with Gasteiger partial charge in [-0.1, -0.05) is 60.4 Å². The second-order valence-corrected chi connectivity index (χ2v) is 8.17. The van der Waals surface area contributed by atoms with E-state index in [4.69, 9.17) is 12.8 Å². The molecule has 0 atom stereocenters. The monoisotopic (exact) mass is 674 g/mol. The molecule has 4 aromatic carbocycles. The molecule has 184 valence electrons. The molecule has 2 amide bonds. The van der Waals surface area contributed by atoms with Gasteiger partial charge < -0.3 is 20.2 Å². The van der Waals surface area contributed by atoms with Crippen LogP contribution in [0.4, 0.5) is 22.7 Å². The number of hydrogen-bond donors (Lipinski definition) is 0. The summed E-state index contributed by atoms with van der Waals surface area (Å²) in [7, 11) is 0. The molecule has 0 saturated heterocycles. The van der Waals surface area contributed by atoms with Crippen LogP contribution in [0.5, 0.6) is 0 Å². The molecule has 0 bridgehead atoms. The van der Waals surface area contributed by atoms with Gasteiger partial charge in [0.15, 0.2) is 0 Å². The number of rotatable bonds is 2. The largest absolute Gasteiger partial charge is 2.00 e. The van der Waals surface area contributed by atoms with Crippen molar-refractivity contribution < 1.29 is 30.7 Å². The van der Waals surface area contributed by atoms with Crippen LogP contribution in [-0.4, -0.2) is 23.2 Å². The van der Waals surface area contributed by atoms with Gasteiger partial charge in [0, 0.05) is 11.1 Å². The standard InChI is InChI=1S/2C16H10N2O.W/c2*1-2-11-7-9-12(10-8-11)17-15-13-5-3-4-6-14(13)18-16(15)19;/h2*1,3-10H,(H,17,18,19);/q;;+2/p-2. The third-order valence-electron chi connectivity index (χ3n) is 5.72. The first-order valence-electron chi connectivity index (χ1n) is 11.6. The molecule has 0 aliphatic carbocycles. The maximum atomic E-state index is 11.8. The van der Waals surface area contributed by atoms with Gasteiger partial charge in [-0.05, 0) is 59.7 Å². The molecule has 0 spiro atoms. The molecular weight excluding hydrogens is 656 g/mol. The summed E-state index contributed by atoms with van der Waals surface area (Å²) in [6, 6.07) is 29.0. The van der Waals surface area contributed by atoms with E-state index in [0.29, 0.717) is 34.2 Å². The molecule has 39 heavy (non-hydrogen) atoms. The van der Waals surface area contributed by atoms with Gasteiger partial charge >= 0.3 is 21.1 Å². The fraction of sp³-hybridized carbons (Fsp3) is 0. The normalized spacial score (nSPS) is 14.5. The van der Waals surface area contributed by atoms with Gasteiger partial charge in [-0.2, -0.15) is 0 Å². The van der Waals surface area contributed by atoms with E-state index in [-0.39, 0.29) is 32.9 Å². The maximum absolute atomic E-state index is 11.8. The summed E-state index contributed by atoms with van der Waals surface area (Å²) in [4.78, 5) is 32.4. The van der Waals surface area contributed by atoms with Crippen LogP contribution in [0.3, 0.4) is 0 Å². The van der Waals surface area contributed by atoms with E-state index in [1.807, 2.05) is 36.4 Å². The summed E-state index contributed by atoms with van der Waals surface area (Å²) in [6.07, 6.45) is 10.6. The molecule has 0 aromatic heterocycles. The summed E-state index contributed by atoms with van der Waals surface area (Å²) in [6.45, 7) is 0. The Kier molecular flexibility index (Phi) is 8.32. The molecule has 2 heterocycles. The molecule has 6 nitrogen and oxygen atoms in total. The maximum Gasteiger partial charge on any atom is 2.00 e. The van der Waals surface area contributed by atoms with Crippen molar-refractivity contribution in [2.75, 3.05) is 0 Å². The third kappa shape index (κ3) is 5.94. The molecule has 2 aliphatic heterocycles. The summed E-state index contributed by atoms with van der Waals surface area (Å²) >= 11 is 0. The topological polar surface area (TPSA) is 87.1 Å². The predicted octanol–water partition coefficient (Wildman–Crippen LogP) is 6.67. The van der Waals surface area contributed by atoms with Crippen LogP contribution < -0.4 is 0 Å². The Morgan fingerprint density at radius 3 is 1.26 bits per heavy atom. The van der Waals surface area contributed by atoms with Gasteiger partial charge in [0.1, 0.15) is 11.8 Å². The number of carbonyl (C=O) groups excluding carboxylic acids is 2. The third-order valence-corrected chi connectivity index (χ3v) is 5.72. The van der Waals surface area contributed by atoms with Crippen molar-refractivity contribution in [1.29, 1.82) is 0 Å². The Bertz CT molecular complexity index is 1580. The quantitative estimate of drug-likeness (QED) is 0.223. The summed E-state index contributed by atoms with van der Waals surface area (Å²) in [5, 5.41) is 7.92. The van der Waals surface area contributed by atoms with Crippen LogP contribution >= 0.6 is 0 Å². The van der Waals surface area contributed by atoms with Crippen molar-refractivity contribution in [3.05, 3.63) is 130 Å². The average molecular weight is 674 g/mol. The Morgan fingerprint density at radius 2 is 0.897 bits per heavy atom. The number of amides is 2. The Hall–Kier alpha value is -5.03. The van der Waals surface area contributed by atoms with E-state index >= 15 is 0 Å². The van der Waals surface area contributed by atoms with Gasteiger partial charge in [-0.15, -0.1) is 24.2 Å². The summed E-state index contributed by atoms with van der Waals surface area (Å²) < 4.78 is 0. The second kappa shape index (κ2) is 12.0. The first-order valence-corrected chi connectivity index (χ1v) is 11.6. The number of para-hydroxylation sites is 2. The number of carbonyl (C=O) groups is 2. The Balaban J connectivity index is 0.000000176. The molecule has 0 N–H and O–H groups in total. The fourth-order valence-electron chi connectivity index (χ4n) is 3.84. The van der Waals surface area contributed by atoms with Gasteiger partial charge in [0.25, 0.3) is 0 Å². The second-order valence-electron chi connectivity index (χ2n) is 8.17. The van der Waals surface area contributed by atoms with E-state index < -0.39 is 0 Å². The Labute approximate surface area is 240 Å². The molecule has 2 aliphatic rings. The molecular formula is C32H18N4O2W. The minimum Gasteiger partial charge on any atom is -0.621 e.